The number of carbonyl (C=O) groups excluding carboxylic acids is 1. The predicted molar refractivity (Wildman–Crippen MR) is 60.3 cm³/mol. The van der Waals surface area contributed by atoms with Crippen molar-refractivity contribution in [2.45, 2.75) is 20.8 Å². The molecule has 1 N–H and O–H groups in total. The third-order valence-corrected chi connectivity index (χ3v) is 2.11. The largest absolute Gasteiger partial charge is 0.413 e. The summed E-state index contributed by atoms with van der Waals surface area (Å²) in [5.74, 6) is 0.557. The zero-order chi connectivity index (χ0) is 12.1. The first-order valence-electron chi connectivity index (χ1n) is 4.95. The molecule has 0 aromatic heterocycles. The predicted octanol–water partition coefficient (Wildman–Crippen LogP) is 2.22. The fourth-order valence-corrected chi connectivity index (χ4v) is 1.57. The standard InChI is InChI=1S/C12H14N2O2/c1-8-6-9(2)11(10(3)7-8)16-12(15)14-5-4-13/h6-7H,5H2,1-3H3,(H,14,15). The highest BCUT2D eigenvalue weighted by Gasteiger charge is 2.09. The summed E-state index contributed by atoms with van der Waals surface area (Å²) in [5, 5.41) is 10.6. The van der Waals surface area contributed by atoms with Gasteiger partial charge >= 0.3 is 6.09 Å². The number of nitriles is 1. The van der Waals surface area contributed by atoms with Crippen LogP contribution in [0.3, 0.4) is 0 Å². The van der Waals surface area contributed by atoms with Crippen molar-refractivity contribution < 1.29 is 9.53 Å². The minimum atomic E-state index is -0.600. The molecule has 4 nitrogen and oxygen atoms in total. The van der Waals surface area contributed by atoms with E-state index in [1.54, 1.807) is 0 Å². The van der Waals surface area contributed by atoms with Crippen molar-refractivity contribution in [3.05, 3.63) is 28.8 Å². The van der Waals surface area contributed by atoms with E-state index in [4.69, 9.17) is 10.00 Å². The minimum absolute atomic E-state index is 0.0528. The van der Waals surface area contributed by atoms with E-state index in [0.29, 0.717) is 5.75 Å². The third-order valence-electron chi connectivity index (χ3n) is 2.11. The molecule has 84 valence electrons. The molecule has 0 heterocycles. The van der Waals surface area contributed by atoms with Gasteiger partial charge in [0.25, 0.3) is 0 Å². The molecule has 0 spiro atoms. The van der Waals surface area contributed by atoms with Gasteiger partial charge in [0.15, 0.2) is 0 Å². The second-order valence-corrected chi connectivity index (χ2v) is 3.63. The molecule has 16 heavy (non-hydrogen) atoms. The van der Waals surface area contributed by atoms with Gasteiger partial charge in [-0.3, -0.25) is 0 Å². The second kappa shape index (κ2) is 5.17. The maximum absolute atomic E-state index is 11.3. The van der Waals surface area contributed by atoms with E-state index < -0.39 is 6.09 Å². The number of nitrogens with zero attached hydrogens (tertiary/aromatic N) is 1. The van der Waals surface area contributed by atoms with Gasteiger partial charge in [-0.15, -0.1) is 0 Å². The van der Waals surface area contributed by atoms with Crippen LogP contribution in [0.2, 0.25) is 0 Å². The number of carbonyl (C=O) groups is 1. The molecule has 4 heteroatoms. The zero-order valence-corrected chi connectivity index (χ0v) is 9.63. The molecule has 1 aromatic rings. The highest BCUT2D eigenvalue weighted by molar-refractivity contribution is 5.71. The van der Waals surface area contributed by atoms with E-state index in [1.165, 1.54) is 0 Å². The van der Waals surface area contributed by atoms with Crippen molar-refractivity contribution in [1.82, 2.24) is 5.32 Å². The lowest BCUT2D eigenvalue weighted by Gasteiger charge is -2.11. The smallest absolute Gasteiger partial charge is 0.410 e. The van der Waals surface area contributed by atoms with Crippen molar-refractivity contribution in [3.8, 4) is 11.8 Å². The SMILES string of the molecule is Cc1cc(C)c(OC(=O)NCC#N)c(C)c1. The van der Waals surface area contributed by atoms with E-state index in [2.05, 4.69) is 5.32 Å². The first-order valence-corrected chi connectivity index (χ1v) is 4.95. The average molecular weight is 218 g/mol. The van der Waals surface area contributed by atoms with Crippen molar-refractivity contribution >= 4 is 6.09 Å². The quantitative estimate of drug-likeness (QED) is 0.774. The van der Waals surface area contributed by atoms with Crippen LogP contribution < -0.4 is 10.1 Å². The summed E-state index contributed by atoms with van der Waals surface area (Å²) >= 11 is 0. The highest BCUT2D eigenvalue weighted by Crippen LogP contribution is 2.24. The fraction of sp³-hybridized carbons (Fsp3) is 0.333. The first kappa shape index (κ1) is 12.1. The van der Waals surface area contributed by atoms with E-state index in [0.717, 1.165) is 16.7 Å². The summed E-state index contributed by atoms with van der Waals surface area (Å²) in [6.07, 6.45) is -0.600. The van der Waals surface area contributed by atoms with Gasteiger partial charge < -0.3 is 10.1 Å². The lowest BCUT2D eigenvalue weighted by molar-refractivity contribution is 0.201. The van der Waals surface area contributed by atoms with Crippen molar-refractivity contribution in [3.63, 3.8) is 0 Å². The molecule has 0 aliphatic rings. The minimum Gasteiger partial charge on any atom is -0.410 e. The molecule has 0 saturated heterocycles. The molecule has 0 fully saturated rings. The van der Waals surface area contributed by atoms with Crippen LogP contribution in [0.1, 0.15) is 16.7 Å². The summed E-state index contributed by atoms with van der Waals surface area (Å²) in [5.41, 5.74) is 2.94. The maximum atomic E-state index is 11.3. The Bertz CT molecular complexity index is 424. The van der Waals surface area contributed by atoms with Crippen LogP contribution in [0.5, 0.6) is 5.75 Å². The average Bonchev–Trinajstić information content (AvgIpc) is 2.20. The number of hydrogen-bond donors (Lipinski definition) is 1. The molecular weight excluding hydrogens is 204 g/mol. The van der Waals surface area contributed by atoms with Crippen LogP contribution in [0.25, 0.3) is 0 Å². The van der Waals surface area contributed by atoms with Gasteiger partial charge in [-0.25, -0.2) is 4.79 Å². The molecule has 0 atom stereocenters. The van der Waals surface area contributed by atoms with Gasteiger partial charge in [-0.05, 0) is 31.9 Å². The third kappa shape index (κ3) is 2.99. The maximum Gasteiger partial charge on any atom is 0.413 e. The Balaban J connectivity index is 2.82. The number of hydrogen-bond acceptors (Lipinski definition) is 3. The molecular formula is C12H14N2O2. The number of rotatable bonds is 2. The Morgan fingerprint density at radius 2 is 1.94 bits per heavy atom. The molecule has 0 radical (unpaired) electrons. The van der Waals surface area contributed by atoms with Crippen LogP contribution in [0.4, 0.5) is 4.79 Å². The van der Waals surface area contributed by atoms with Gasteiger partial charge in [0.2, 0.25) is 0 Å². The highest BCUT2D eigenvalue weighted by atomic mass is 16.6. The first-order chi connectivity index (χ1) is 7.54. The lowest BCUT2D eigenvalue weighted by atomic mass is 10.1. The van der Waals surface area contributed by atoms with Crippen molar-refractivity contribution in [2.75, 3.05) is 6.54 Å². The monoisotopic (exact) mass is 218 g/mol. The second-order valence-electron chi connectivity index (χ2n) is 3.63. The summed E-state index contributed by atoms with van der Waals surface area (Å²) in [6, 6.07) is 5.70. The molecule has 0 saturated carbocycles. The lowest BCUT2D eigenvalue weighted by Crippen LogP contribution is -2.27. The molecule has 1 aromatic carbocycles. The normalized spacial score (nSPS) is 9.38. The van der Waals surface area contributed by atoms with Gasteiger partial charge in [-0.2, -0.15) is 5.26 Å². The molecule has 1 rings (SSSR count). The summed E-state index contributed by atoms with van der Waals surface area (Å²) in [6.45, 7) is 5.70. The molecule has 1 amide bonds. The topological polar surface area (TPSA) is 62.1 Å². The number of aryl methyl sites for hydroxylation is 3. The van der Waals surface area contributed by atoms with Crippen LogP contribution >= 0.6 is 0 Å². The Hall–Kier alpha value is -2.02. The summed E-state index contributed by atoms with van der Waals surface area (Å²) in [7, 11) is 0. The Labute approximate surface area is 94.8 Å². The number of benzene rings is 1. The van der Waals surface area contributed by atoms with Crippen molar-refractivity contribution in [2.24, 2.45) is 0 Å². The number of nitrogens with one attached hydrogen (secondary N) is 1. The van der Waals surface area contributed by atoms with Crippen LogP contribution in [0, 0.1) is 32.1 Å². The number of amides is 1. The Morgan fingerprint density at radius 1 is 1.38 bits per heavy atom. The van der Waals surface area contributed by atoms with Gasteiger partial charge in [0.05, 0.1) is 6.07 Å². The van der Waals surface area contributed by atoms with Crippen LogP contribution in [-0.4, -0.2) is 12.6 Å². The van der Waals surface area contributed by atoms with E-state index in [1.807, 2.05) is 39.0 Å². The van der Waals surface area contributed by atoms with E-state index >= 15 is 0 Å². The number of ether oxygens (including phenoxy) is 1. The summed E-state index contributed by atoms with van der Waals surface area (Å²) in [4.78, 5) is 11.3. The Kier molecular flexibility index (Phi) is 3.90. The van der Waals surface area contributed by atoms with Crippen molar-refractivity contribution in [1.29, 1.82) is 5.26 Å². The van der Waals surface area contributed by atoms with Crippen LogP contribution in [-0.2, 0) is 0 Å². The fourth-order valence-electron chi connectivity index (χ4n) is 1.57. The van der Waals surface area contributed by atoms with Gasteiger partial charge in [0.1, 0.15) is 12.3 Å². The molecule has 0 unspecified atom stereocenters. The molecule has 0 aliphatic carbocycles. The van der Waals surface area contributed by atoms with Gasteiger partial charge in [-0.1, -0.05) is 17.7 Å². The molecule has 0 bridgehead atoms. The Morgan fingerprint density at radius 3 is 2.44 bits per heavy atom. The van der Waals surface area contributed by atoms with E-state index in [-0.39, 0.29) is 6.54 Å². The zero-order valence-electron chi connectivity index (χ0n) is 9.63. The van der Waals surface area contributed by atoms with Gasteiger partial charge in [0, 0.05) is 0 Å². The summed E-state index contributed by atoms with van der Waals surface area (Å²) < 4.78 is 5.13. The van der Waals surface area contributed by atoms with E-state index in [9.17, 15) is 4.79 Å². The molecule has 0 aliphatic heterocycles. The van der Waals surface area contributed by atoms with Crippen LogP contribution in [0.15, 0.2) is 12.1 Å².